The second kappa shape index (κ2) is 15.9. The van der Waals surface area contributed by atoms with Crippen molar-refractivity contribution in [2.24, 2.45) is 5.92 Å². The molecule has 1 saturated carbocycles. The number of aliphatic hydroxyl groups excluding tert-OH is 1. The normalized spacial score (nSPS) is 21.9. The van der Waals surface area contributed by atoms with Gasteiger partial charge in [-0.2, -0.15) is 0 Å². The molecule has 0 radical (unpaired) electrons. The zero-order chi connectivity index (χ0) is 29.4. The first-order valence-corrected chi connectivity index (χ1v) is 15.7. The number of hydrogen-bond acceptors (Lipinski definition) is 6. The number of hydrogen-bond donors (Lipinski definition) is 2. The molecule has 1 aromatic rings. The van der Waals surface area contributed by atoms with Gasteiger partial charge in [0.2, 0.25) is 11.8 Å². The number of halogens is 1. The predicted molar refractivity (Wildman–Crippen MR) is 166 cm³/mol. The van der Waals surface area contributed by atoms with E-state index >= 15 is 0 Å². The number of carbonyl (C=O) groups excluding carboxylic acids is 3. The van der Waals surface area contributed by atoms with Gasteiger partial charge in [0.15, 0.2) is 0 Å². The van der Waals surface area contributed by atoms with Crippen LogP contribution in [0.1, 0.15) is 87.9 Å². The third-order valence-corrected chi connectivity index (χ3v) is 9.30. The quantitative estimate of drug-likeness (QED) is 0.350. The van der Waals surface area contributed by atoms with Crippen molar-refractivity contribution in [3.63, 3.8) is 0 Å². The Morgan fingerprint density at radius 2 is 1.71 bits per heavy atom. The highest BCUT2D eigenvalue weighted by Crippen LogP contribution is 2.36. The molecule has 2 atom stereocenters. The summed E-state index contributed by atoms with van der Waals surface area (Å²) in [6, 6.07) is 6.42. The molecule has 3 aliphatic rings. The molecule has 2 N–H and O–H groups in total. The van der Waals surface area contributed by atoms with Crippen LogP contribution in [0.3, 0.4) is 0 Å². The van der Waals surface area contributed by atoms with Gasteiger partial charge in [-0.3, -0.25) is 14.4 Å². The average Bonchev–Trinajstić information content (AvgIpc) is 2.99. The minimum absolute atomic E-state index is 0. The van der Waals surface area contributed by atoms with E-state index in [1.807, 2.05) is 17.0 Å². The first kappa shape index (κ1) is 34.1. The summed E-state index contributed by atoms with van der Waals surface area (Å²) in [7, 11) is 3.47. The number of aliphatic hydroxyl groups is 1. The van der Waals surface area contributed by atoms with Crippen LogP contribution in [0.2, 0.25) is 0 Å². The van der Waals surface area contributed by atoms with Gasteiger partial charge in [0.05, 0.1) is 12.7 Å². The molecule has 2 aliphatic heterocycles. The molecule has 2 saturated heterocycles. The number of nitrogens with zero attached hydrogens (tertiary/aromatic N) is 3. The maximum atomic E-state index is 13.8. The van der Waals surface area contributed by atoms with Gasteiger partial charge in [0.25, 0.3) is 5.91 Å². The Balaban J connectivity index is 0.00000484. The van der Waals surface area contributed by atoms with Gasteiger partial charge >= 0.3 is 0 Å². The zero-order valence-corrected chi connectivity index (χ0v) is 26.5. The summed E-state index contributed by atoms with van der Waals surface area (Å²) in [6.45, 7) is 5.72. The van der Waals surface area contributed by atoms with Gasteiger partial charge in [-0.1, -0.05) is 32.6 Å². The number of likely N-dealkylation sites (tertiary alicyclic amines) is 1. The highest BCUT2D eigenvalue weighted by atomic mass is 35.5. The number of piperazine rings is 1. The van der Waals surface area contributed by atoms with Crippen LogP contribution in [0.15, 0.2) is 24.3 Å². The molecule has 2 heterocycles. The lowest BCUT2D eigenvalue weighted by molar-refractivity contribution is -0.165. The molecular weight excluding hydrogens is 556 g/mol. The van der Waals surface area contributed by atoms with Crippen LogP contribution in [-0.2, 0) is 9.59 Å². The fourth-order valence-corrected chi connectivity index (χ4v) is 6.68. The van der Waals surface area contributed by atoms with Gasteiger partial charge in [0, 0.05) is 39.3 Å². The van der Waals surface area contributed by atoms with E-state index in [1.165, 1.54) is 6.42 Å². The highest BCUT2D eigenvalue weighted by Gasteiger charge is 2.55. The van der Waals surface area contributed by atoms with E-state index in [1.54, 1.807) is 31.1 Å². The van der Waals surface area contributed by atoms with Crippen molar-refractivity contribution in [1.82, 2.24) is 20.0 Å². The summed E-state index contributed by atoms with van der Waals surface area (Å²) >= 11 is 0. The van der Waals surface area contributed by atoms with Crippen LogP contribution in [0.25, 0.3) is 0 Å². The lowest BCUT2D eigenvalue weighted by Gasteiger charge is -2.52. The Labute approximate surface area is 257 Å². The molecule has 0 bridgehead atoms. The van der Waals surface area contributed by atoms with Crippen molar-refractivity contribution >= 4 is 30.1 Å². The van der Waals surface area contributed by atoms with E-state index < -0.39 is 17.7 Å². The third kappa shape index (κ3) is 7.97. The Morgan fingerprint density at radius 3 is 2.33 bits per heavy atom. The van der Waals surface area contributed by atoms with E-state index in [2.05, 4.69) is 17.1 Å². The van der Waals surface area contributed by atoms with Crippen LogP contribution in [-0.4, -0.2) is 102 Å². The van der Waals surface area contributed by atoms with E-state index in [0.29, 0.717) is 31.6 Å². The number of benzene rings is 1. The number of piperidine rings is 1. The van der Waals surface area contributed by atoms with Gasteiger partial charge < -0.3 is 29.9 Å². The number of carbonyl (C=O) groups is 3. The standard InChI is InChI=1S/C32H50N4O5.ClH/c1-4-5-20-36-30(39)27(28(37)24-11-7-6-8-12-24)33-31(40)32(36)17-21-35(22-18-32)19-9-10-23-41-26-15-13-25(14-16-26)29(38)34(2)3;/h13-16,24,27-28,37H,4-12,17-23H2,1-3H3,(H,33,40);1H/t27-,28-;/m1./s1. The summed E-state index contributed by atoms with van der Waals surface area (Å²) in [6.07, 6.45) is 9.29. The minimum Gasteiger partial charge on any atom is -0.494 e. The molecule has 3 amide bonds. The van der Waals surface area contributed by atoms with E-state index in [9.17, 15) is 19.5 Å². The van der Waals surface area contributed by atoms with Crippen molar-refractivity contribution < 1.29 is 24.2 Å². The maximum absolute atomic E-state index is 13.8. The molecule has 3 fully saturated rings. The molecule has 1 spiro atoms. The fourth-order valence-electron chi connectivity index (χ4n) is 6.68. The summed E-state index contributed by atoms with van der Waals surface area (Å²) in [5.41, 5.74) is -0.169. The van der Waals surface area contributed by atoms with Crippen molar-refractivity contribution in [3.05, 3.63) is 29.8 Å². The fraction of sp³-hybridized carbons (Fsp3) is 0.719. The molecule has 10 heteroatoms. The Bertz CT molecular complexity index is 1020. The van der Waals surface area contributed by atoms with E-state index in [4.69, 9.17) is 4.74 Å². The lowest BCUT2D eigenvalue weighted by Crippen LogP contribution is -2.75. The third-order valence-electron chi connectivity index (χ3n) is 9.30. The Hall–Kier alpha value is -2.36. The largest absolute Gasteiger partial charge is 0.494 e. The second-order valence-corrected chi connectivity index (χ2v) is 12.3. The molecule has 9 nitrogen and oxygen atoms in total. The smallest absolute Gasteiger partial charge is 0.253 e. The Morgan fingerprint density at radius 1 is 1.05 bits per heavy atom. The number of amides is 3. The summed E-state index contributed by atoms with van der Waals surface area (Å²) in [5, 5.41) is 14.1. The van der Waals surface area contributed by atoms with Gasteiger partial charge in [0.1, 0.15) is 17.3 Å². The van der Waals surface area contributed by atoms with Crippen molar-refractivity contribution in [1.29, 1.82) is 0 Å². The molecule has 42 heavy (non-hydrogen) atoms. The summed E-state index contributed by atoms with van der Waals surface area (Å²) in [4.78, 5) is 45.2. The lowest BCUT2D eigenvalue weighted by atomic mass is 9.78. The number of rotatable bonds is 12. The first-order chi connectivity index (χ1) is 19.8. The van der Waals surface area contributed by atoms with Gasteiger partial charge in [-0.05, 0) is 81.7 Å². The van der Waals surface area contributed by atoms with Crippen molar-refractivity contribution in [2.45, 2.75) is 95.2 Å². The topological polar surface area (TPSA) is 102 Å². The van der Waals surface area contributed by atoms with Crippen LogP contribution in [0.5, 0.6) is 5.75 Å². The van der Waals surface area contributed by atoms with Crippen molar-refractivity contribution in [3.8, 4) is 5.75 Å². The molecule has 1 aliphatic carbocycles. The summed E-state index contributed by atoms with van der Waals surface area (Å²) < 4.78 is 5.87. The molecule has 1 aromatic carbocycles. The molecular formula is C32H51ClN4O5. The monoisotopic (exact) mass is 606 g/mol. The van der Waals surface area contributed by atoms with Crippen LogP contribution >= 0.6 is 12.4 Å². The SMILES string of the molecule is CCCCN1C(=O)[C@@H]([C@H](O)C2CCCCC2)NC(=O)C12CCN(CCCCOc1ccc(C(=O)N(C)C)cc1)CC2.Cl. The zero-order valence-electron chi connectivity index (χ0n) is 25.7. The average molecular weight is 607 g/mol. The van der Waals surface area contributed by atoms with Gasteiger partial charge in [-0.25, -0.2) is 0 Å². The maximum Gasteiger partial charge on any atom is 0.253 e. The molecule has 0 unspecified atom stereocenters. The minimum atomic E-state index is -0.823. The predicted octanol–water partition coefficient (Wildman–Crippen LogP) is 3.87. The second-order valence-electron chi connectivity index (χ2n) is 12.3. The Kier molecular flexibility index (Phi) is 12.9. The molecule has 236 valence electrons. The number of nitrogens with one attached hydrogen (secondary N) is 1. The molecule has 4 rings (SSSR count). The number of ether oxygens (including phenoxy) is 1. The van der Waals surface area contributed by atoms with E-state index in [0.717, 1.165) is 76.8 Å². The van der Waals surface area contributed by atoms with Crippen LogP contribution < -0.4 is 10.1 Å². The van der Waals surface area contributed by atoms with Crippen molar-refractivity contribution in [2.75, 3.05) is 46.9 Å². The van der Waals surface area contributed by atoms with Crippen LogP contribution in [0.4, 0.5) is 0 Å². The highest BCUT2D eigenvalue weighted by molar-refractivity contribution is 6.00. The van der Waals surface area contributed by atoms with Crippen LogP contribution in [0, 0.1) is 5.92 Å². The van der Waals surface area contributed by atoms with Gasteiger partial charge in [-0.15, -0.1) is 12.4 Å². The first-order valence-electron chi connectivity index (χ1n) is 15.7. The summed E-state index contributed by atoms with van der Waals surface area (Å²) in [5.74, 6) is 0.630. The van der Waals surface area contributed by atoms with E-state index in [-0.39, 0.29) is 36.0 Å². The molecule has 0 aromatic heterocycles. The number of unbranched alkanes of at least 4 members (excludes halogenated alkanes) is 2.